The number of nitrogens with zero attached hydrogens (tertiary/aromatic N) is 1. The third kappa shape index (κ3) is 2.88. The molecule has 106 valence electrons. The molecule has 1 aliphatic rings. The fraction of sp³-hybridized carbons (Fsp3) is 0.600. The Morgan fingerprint density at radius 3 is 2.63 bits per heavy atom. The molecule has 1 atom stereocenters. The first-order valence-electron chi connectivity index (χ1n) is 5.87. The van der Waals surface area contributed by atoms with Crippen LogP contribution in [0.25, 0.3) is 0 Å². The average molecular weight is 305 g/mol. The largest absolute Gasteiger partial charge is 0.385 e. The number of sulfonamides is 1. The number of thiophene rings is 1. The maximum atomic E-state index is 12.1. The SMILES string of the molecule is CC(NS(=O)(=O)c1cc([N+](=O)[O-])c(N)s1)C1CCC1. The van der Waals surface area contributed by atoms with Crippen LogP contribution in [0.4, 0.5) is 10.7 Å². The van der Waals surface area contributed by atoms with Crippen LogP contribution in [0.1, 0.15) is 26.2 Å². The molecule has 1 aromatic heterocycles. The van der Waals surface area contributed by atoms with Crippen molar-refractivity contribution < 1.29 is 13.3 Å². The normalized spacial score (nSPS) is 17.9. The highest BCUT2D eigenvalue weighted by molar-refractivity contribution is 7.91. The number of nitrogens with one attached hydrogen (secondary N) is 1. The Kier molecular flexibility index (Phi) is 3.79. The average Bonchev–Trinajstić information content (AvgIpc) is 2.57. The van der Waals surface area contributed by atoms with Gasteiger partial charge in [0.1, 0.15) is 4.21 Å². The topological polar surface area (TPSA) is 115 Å². The molecule has 1 aliphatic carbocycles. The van der Waals surface area contributed by atoms with Gasteiger partial charge in [-0.3, -0.25) is 10.1 Å². The predicted octanol–water partition coefficient (Wildman–Crippen LogP) is 1.71. The fourth-order valence-corrected chi connectivity index (χ4v) is 4.53. The molecule has 0 bridgehead atoms. The molecule has 1 heterocycles. The Balaban J connectivity index is 2.19. The van der Waals surface area contributed by atoms with E-state index in [1.807, 2.05) is 6.92 Å². The highest BCUT2D eigenvalue weighted by atomic mass is 32.2. The van der Waals surface area contributed by atoms with Crippen molar-refractivity contribution in [2.75, 3.05) is 5.73 Å². The minimum atomic E-state index is -3.73. The molecule has 1 saturated carbocycles. The number of anilines is 1. The minimum absolute atomic E-state index is 0.0957. The molecule has 19 heavy (non-hydrogen) atoms. The molecule has 3 N–H and O–H groups in total. The molecular formula is C10H15N3O4S2. The van der Waals surface area contributed by atoms with Crippen LogP contribution in [0.2, 0.25) is 0 Å². The summed E-state index contributed by atoms with van der Waals surface area (Å²) in [6, 6.07) is 0.844. The van der Waals surface area contributed by atoms with Gasteiger partial charge in [0.2, 0.25) is 0 Å². The molecule has 9 heteroatoms. The molecule has 0 amide bonds. The molecule has 0 spiro atoms. The van der Waals surface area contributed by atoms with Gasteiger partial charge < -0.3 is 5.73 Å². The number of hydrogen-bond donors (Lipinski definition) is 2. The van der Waals surface area contributed by atoms with Crippen LogP contribution in [-0.2, 0) is 10.0 Å². The number of nitrogen functional groups attached to an aromatic ring is 1. The van der Waals surface area contributed by atoms with E-state index in [-0.39, 0.29) is 20.9 Å². The van der Waals surface area contributed by atoms with Crippen molar-refractivity contribution in [2.24, 2.45) is 5.92 Å². The fourth-order valence-electron chi connectivity index (χ4n) is 1.99. The highest BCUT2D eigenvalue weighted by Crippen LogP contribution is 2.35. The summed E-state index contributed by atoms with van der Waals surface area (Å²) in [5.74, 6) is 0.349. The summed E-state index contributed by atoms with van der Waals surface area (Å²) in [4.78, 5) is 9.98. The maximum Gasteiger partial charge on any atom is 0.304 e. The molecule has 0 aromatic carbocycles. The van der Waals surface area contributed by atoms with Crippen LogP contribution in [-0.4, -0.2) is 19.4 Å². The van der Waals surface area contributed by atoms with E-state index in [1.165, 1.54) is 0 Å². The van der Waals surface area contributed by atoms with Gasteiger partial charge in [-0.2, -0.15) is 0 Å². The summed E-state index contributed by atoms with van der Waals surface area (Å²) in [6.07, 6.45) is 3.14. The molecule has 7 nitrogen and oxygen atoms in total. The lowest BCUT2D eigenvalue weighted by molar-refractivity contribution is -0.383. The monoisotopic (exact) mass is 305 g/mol. The third-order valence-electron chi connectivity index (χ3n) is 3.38. The highest BCUT2D eigenvalue weighted by Gasteiger charge is 2.30. The van der Waals surface area contributed by atoms with E-state index in [1.54, 1.807) is 0 Å². The number of hydrogen-bond acceptors (Lipinski definition) is 6. The van der Waals surface area contributed by atoms with Gasteiger partial charge in [0, 0.05) is 12.1 Å². The van der Waals surface area contributed by atoms with Gasteiger partial charge in [-0.25, -0.2) is 13.1 Å². The van der Waals surface area contributed by atoms with E-state index in [0.29, 0.717) is 17.3 Å². The second-order valence-corrected chi connectivity index (χ2v) is 7.70. The summed E-state index contributed by atoms with van der Waals surface area (Å²) in [7, 11) is -3.73. The summed E-state index contributed by atoms with van der Waals surface area (Å²) in [5, 5.41) is 10.6. The standard InChI is InChI=1S/C10H15N3O4S2/c1-6(7-3-2-4-7)12-19(16,17)9-5-8(13(14)15)10(11)18-9/h5-7,12H,2-4,11H2,1H3. The lowest BCUT2D eigenvalue weighted by atomic mass is 9.81. The molecule has 1 aromatic rings. The van der Waals surface area contributed by atoms with Crippen molar-refractivity contribution >= 4 is 32.0 Å². The van der Waals surface area contributed by atoms with Crippen LogP contribution in [0.15, 0.2) is 10.3 Å². The van der Waals surface area contributed by atoms with Crippen molar-refractivity contribution in [3.63, 3.8) is 0 Å². The van der Waals surface area contributed by atoms with Crippen LogP contribution in [0.5, 0.6) is 0 Å². The third-order valence-corrected chi connectivity index (χ3v) is 6.36. The minimum Gasteiger partial charge on any atom is -0.385 e. The van der Waals surface area contributed by atoms with E-state index in [9.17, 15) is 18.5 Å². The van der Waals surface area contributed by atoms with Crippen molar-refractivity contribution in [3.05, 3.63) is 16.2 Å². The smallest absolute Gasteiger partial charge is 0.304 e. The van der Waals surface area contributed by atoms with E-state index in [2.05, 4.69) is 4.72 Å². The van der Waals surface area contributed by atoms with Crippen molar-refractivity contribution in [1.29, 1.82) is 0 Å². The second-order valence-electron chi connectivity index (χ2n) is 4.67. The van der Waals surface area contributed by atoms with Crippen molar-refractivity contribution in [3.8, 4) is 0 Å². The van der Waals surface area contributed by atoms with Gasteiger partial charge in [0.25, 0.3) is 10.0 Å². The lowest BCUT2D eigenvalue weighted by Crippen LogP contribution is -2.40. The Morgan fingerprint density at radius 1 is 1.58 bits per heavy atom. The van der Waals surface area contributed by atoms with Crippen LogP contribution in [0, 0.1) is 16.0 Å². The van der Waals surface area contributed by atoms with Gasteiger partial charge in [-0.05, 0) is 25.7 Å². The zero-order chi connectivity index (χ0) is 14.2. The van der Waals surface area contributed by atoms with Crippen LogP contribution >= 0.6 is 11.3 Å². The first kappa shape index (κ1) is 14.2. The Morgan fingerprint density at radius 2 is 2.21 bits per heavy atom. The Bertz CT molecular complexity index is 592. The van der Waals surface area contributed by atoms with E-state index in [4.69, 9.17) is 5.73 Å². The first-order valence-corrected chi connectivity index (χ1v) is 8.17. The summed E-state index contributed by atoms with van der Waals surface area (Å²) in [6.45, 7) is 1.81. The number of rotatable bonds is 5. The van der Waals surface area contributed by atoms with Gasteiger partial charge in [-0.15, -0.1) is 0 Å². The van der Waals surface area contributed by atoms with E-state index >= 15 is 0 Å². The summed E-state index contributed by atoms with van der Waals surface area (Å²) >= 11 is 0.715. The van der Waals surface area contributed by atoms with Crippen molar-refractivity contribution in [2.45, 2.75) is 36.4 Å². The van der Waals surface area contributed by atoms with Gasteiger partial charge in [-0.1, -0.05) is 17.8 Å². The number of nitrogens with two attached hydrogens (primary N) is 1. The van der Waals surface area contributed by atoms with Gasteiger partial charge in [0.05, 0.1) is 4.92 Å². The van der Waals surface area contributed by atoms with E-state index in [0.717, 1.165) is 25.3 Å². The second kappa shape index (κ2) is 5.06. The van der Waals surface area contributed by atoms with Crippen LogP contribution in [0.3, 0.4) is 0 Å². The Hall–Kier alpha value is -1.19. The molecule has 0 aliphatic heterocycles. The predicted molar refractivity (Wildman–Crippen MR) is 72.5 cm³/mol. The summed E-state index contributed by atoms with van der Waals surface area (Å²) < 4.78 is 26.6. The van der Waals surface area contributed by atoms with Crippen molar-refractivity contribution in [1.82, 2.24) is 4.72 Å². The van der Waals surface area contributed by atoms with Gasteiger partial charge >= 0.3 is 5.69 Å². The zero-order valence-electron chi connectivity index (χ0n) is 10.3. The lowest BCUT2D eigenvalue weighted by Gasteiger charge is -2.31. The molecule has 2 rings (SSSR count). The Labute approximate surface area is 115 Å². The molecule has 0 saturated heterocycles. The zero-order valence-corrected chi connectivity index (χ0v) is 12.0. The molecular weight excluding hydrogens is 290 g/mol. The molecule has 1 unspecified atom stereocenters. The van der Waals surface area contributed by atoms with E-state index < -0.39 is 14.9 Å². The van der Waals surface area contributed by atoms with Gasteiger partial charge in [0.15, 0.2) is 5.00 Å². The molecule has 1 fully saturated rings. The number of nitro groups is 1. The summed E-state index contributed by atoms with van der Waals surface area (Å²) in [5.41, 5.74) is 5.09. The molecule has 0 radical (unpaired) electrons. The maximum absolute atomic E-state index is 12.1. The quantitative estimate of drug-likeness (QED) is 0.634. The van der Waals surface area contributed by atoms with Crippen LogP contribution < -0.4 is 10.5 Å². The first-order chi connectivity index (χ1) is 8.81.